The second kappa shape index (κ2) is 5.26. The molecule has 3 heterocycles. The average Bonchev–Trinajstić information content (AvgIpc) is 2.89. The summed E-state index contributed by atoms with van der Waals surface area (Å²) in [5, 5.41) is 6.57. The van der Waals surface area contributed by atoms with Gasteiger partial charge in [0.05, 0.1) is 16.1 Å². The van der Waals surface area contributed by atoms with Crippen LogP contribution in [0.3, 0.4) is 0 Å². The zero-order valence-corrected chi connectivity index (χ0v) is 18.6. The minimum atomic E-state index is -1.33. The third-order valence-electron chi connectivity index (χ3n) is 6.17. The van der Waals surface area contributed by atoms with Crippen LogP contribution in [-0.2, 0) is 13.5 Å². The molecule has 1 aliphatic rings. The van der Waals surface area contributed by atoms with Crippen LogP contribution < -0.4 is 14.9 Å². The molecule has 0 N–H and O–H groups in total. The maximum Gasteiger partial charge on any atom is 0.198 e. The third kappa shape index (κ3) is 2.19. The predicted molar refractivity (Wildman–Crippen MR) is 114 cm³/mol. The van der Waals surface area contributed by atoms with Gasteiger partial charge >= 0.3 is 0 Å². The fourth-order valence-corrected chi connectivity index (χ4v) is 17.4. The minimum absolute atomic E-state index is 1.10. The molecule has 3 aromatic rings. The highest BCUT2D eigenvalue weighted by atomic mass is 32.1. The van der Waals surface area contributed by atoms with Crippen LogP contribution >= 0.6 is 11.3 Å². The summed E-state index contributed by atoms with van der Waals surface area (Å²) in [6.07, 6.45) is 3.35. The average molecular weight is 371 g/mol. The standard InChI is InChI=1S/C20H28NSSi2/c1-7-16-18-15(10-11-21(16)2)14-8-9-17-20(19(14)22-18)24(5,6)13-12-23(17,3)4/h8-11H,7,12-13H2,1-6H3/q+1. The van der Waals surface area contributed by atoms with Gasteiger partial charge in [0.15, 0.2) is 11.9 Å². The van der Waals surface area contributed by atoms with Crippen LogP contribution in [0.1, 0.15) is 12.6 Å². The topological polar surface area (TPSA) is 3.88 Å². The molecule has 0 bridgehead atoms. The Kier molecular flexibility index (Phi) is 3.61. The van der Waals surface area contributed by atoms with E-state index >= 15 is 0 Å². The van der Waals surface area contributed by atoms with E-state index < -0.39 is 16.1 Å². The molecule has 126 valence electrons. The van der Waals surface area contributed by atoms with Crippen LogP contribution in [0.5, 0.6) is 0 Å². The molecule has 0 amide bonds. The van der Waals surface area contributed by atoms with Crippen LogP contribution in [0.25, 0.3) is 20.2 Å². The number of thiophene rings is 1. The molecule has 0 aliphatic carbocycles. The first-order chi connectivity index (χ1) is 11.3. The van der Waals surface area contributed by atoms with Gasteiger partial charge in [-0.25, -0.2) is 4.57 Å². The lowest BCUT2D eigenvalue weighted by Crippen LogP contribution is -2.63. The number of fused-ring (bicyclic) bond motifs is 5. The van der Waals surface area contributed by atoms with Gasteiger partial charge in [-0.15, -0.1) is 11.3 Å². The quantitative estimate of drug-likeness (QED) is 0.444. The van der Waals surface area contributed by atoms with E-state index in [0.717, 1.165) is 6.42 Å². The van der Waals surface area contributed by atoms with Crippen molar-refractivity contribution in [3.63, 3.8) is 0 Å². The van der Waals surface area contributed by atoms with Crippen molar-refractivity contribution in [2.45, 2.75) is 51.6 Å². The van der Waals surface area contributed by atoms with Crippen molar-refractivity contribution in [1.82, 2.24) is 0 Å². The lowest BCUT2D eigenvalue weighted by molar-refractivity contribution is -0.677. The van der Waals surface area contributed by atoms with Gasteiger partial charge in [0, 0.05) is 28.0 Å². The van der Waals surface area contributed by atoms with Crippen LogP contribution in [0.15, 0.2) is 24.4 Å². The van der Waals surface area contributed by atoms with Crippen molar-refractivity contribution >= 4 is 58.0 Å². The second-order valence-electron chi connectivity index (χ2n) is 8.70. The smallest absolute Gasteiger partial charge is 0.198 e. The second-order valence-corrected chi connectivity index (χ2v) is 19.3. The van der Waals surface area contributed by atoms with Gasteiger partial charge in [0.1, 0.15) is 11.7 Å². The SMILES string of the molecule is CCc1c2sc3c4c(ccc3c2cc[n+]1C)[Si](C)(C)CC[Si]4(C)C. The van der Waals surface area contributed by atoms with E-state index in [4.69, 9.17) is 0 Å². The van der Waals surface area contributed by atoms with E-state index in [1.165, 1.54) is 33.3 Å². The Bertz CT molecular complexity index is 969. The summed E-state index contributed by atoms with van der Waals surface area (Å²) in [5.41, 5.74) is 1.48. The lowest BCUT2D eigenvalue weighted by Gasteiger charge is -2.39. The molecule has 4 rings (SSSR count). The largest absolute Gasteiger partial charge is 0.204 e. The molecule has 0 saturated heterocycles. The summed E-state index contributed by atoms with van der Waals surface area (Å²) in [6.45, 7) is 12.6. The van der Waals surface area contributed by atoms with Gasteiger partial charge in [-0.1, -0.05) is 62.5 Å². The Labute approximate surface area is 151 Å². The van der Waals surface area contributed by atoms with E-state index in [9.17, 15) is 0 Å². The number of pyridine rings is 1. The summed E-state index contributed by atoms with van der Waals surface area (Å²) < 4.78 is 5.45. The van der Waals surface area contributed by atoms with Crippen LogP contribution in [0.2, 0.25) is 38.3 Å². The van der Waals surface area contributed by atoms with Gasteiger partial charge < -0.3 is 0 Å². The molecule has 0 unspecified atom stereocenters. The number of hydrogen-bond donors (Lipinski definition) is 0. The van der Waals surface area contributed by atoms with Crippen molar-refractivity contribution in [3.8, 4) is 0 Å². The van der Waals surface area contributed by atoms with Crippen molar-refractivity contribution in [2.24, 2.45) is 7.05 Å². The Morgan fingerprint density at radius 3 is 2.33 bits per heavy atom. The summed E-state index contributed by atoms with van der Waals surface area (Å²) in [7, 11) is -0.406. The number of benzene rings is 1. The van der Waals surface area contributed by atoms with E-state index in [2.05, 4.69) is 80.5 Å². The van der Waals surface area contributed by atoms with Gasteiger partial charge in [-0.3, -0.25) is 0 Å². The number of hydrogen-bond acceptors (Lipinski definition) is 1. The molecular formula is C20H28NSSi2+. The molecule has 0 fully saturated rings. The first-order valence-corrected chi connectivity index (χ1v) is 16.4. The molecule has 24 heavy (non-hydrogen) atoms. The van der Waals surface area contributed by atoms with Crippen LogP contribution in [0.4, 0.5) is 0 Å². The van der Waals surface area contributed by atoms with E-state index in [0.29, 0.717) is 0 Å². The van der Waals surface area contributed by atoms with Gasteiger partial charge in [0.25, 0.3) is 0 Å². The predicted octanol–water partition coefficient (Wildman–Crippen LogP) is 4.29. The van der Waals surface area contributed by atoms with Crippen LogP contribution in [-0.4, -0.2) is 16.1 Å². The van der Waals surface area contributed by atoms with E-state index in [1.807, 2.05) is 5.19 Å². The molecular weight excluding hydrogens is 342 g/mol. The minimum Gasteiger partial charge on any atom is -0.204 e. The monoisotopic (exact) mass is 370 g/mol. The highest BCUT2D eigenvalue weighted by molar-refractivity contribution is 7.28. The van der Waals surface area contributed by atoms with Crippen molar-refractivity contribution in [2.75, 3.05) is 0 Å². The summed E-state index contributed by atoms with van der Waals surface area (Å²) >= 11 is 2.08. The Morgan fingerprint density at radius 1 is 0.958 bits per heavy atom. The zero-order chi connectivity index (χ0) is 17.3. The lowest BCUT2D eigenvalue weighted by atomic mass is 10.1. The van der Waals surface area contributed by atoms with Crippen molar-refractivity contribution in [3.05, 3.63) is 30.1 Å². The first kappa shape index (κ1) is 16.5. The number of aromatic nitrogens is 1. The molecule has 4 heteroatoms. The normalized spacial score (nSPS) is 18.9. The van der Waals surface area contributed by atoms with E-state index in [-0.39, 0.29) is 0 Å². The number of rotatable bonds is 1. The van der Waals surface area contributed by atoms with Crippen molar-refractivity contribution < 1.29 is 4.57 Å². The summed E-state index contributed by atoms with van der Waals surface area (Å²) in [6, 6.07) is 10.2. The fourth-order valence-electron chi connectivity index (χ4n) is 4.53. The maximum absolute atomic E-state index is 2.60. The summed E-state index contributed by atoms with van der Waals surface area (Å²) in [4.78, 5) is 0. The molecule has 1 nitrogen and oxygen atoms in total. The first-order valence-electron chi connectivity index (χ1n) is 9.14. The third-order valence-corrected chi connectivity index (χ3v) is 15.1. The Balaban J connectivity index is 2.18. The van der Waals surface area contributed by atoms with Crippen LogP contribution in [0, 0.1) is 0 Å². The highest BCUT2D eigenvalue weighted by Gasteiger charge is 2.41. The number of nitrogens with zero attached hydrogens (tertiary/aromatic N) is 1. The zero-order valence-electron chi connectivity index (χ0n) is 15.8. The molecule has 0 spiro atoms. The molecule has 2 aromatic heterocycles. The maximum atomic E-state index is 2.60. The molecule has 0 radical (unpaired) electrons. The molecule has 0 atom stereocenters. The molecule has 0 saturated carbocycles. The highest BCUT2D eigenvalue weighted by Crippen LogP contribution is 2.37. The molecule has 1 aliphatic heterocycles. The van der Waals surface area contributed by atoms with Gasteiger partial charge in [-0.05, 0) is 5.19 Å². The molecule has 1 aromatic carbocycles. The fraction of sp³-hybridized carbons (Fsp3) is 0.450. The van der Waals surface area contributed by atoms with Crippen molar-refractivity contribution in [1.29, 1.82) is 0 Å². The van der Waals surface area contributed by atoms with E-state index in [1.54, 1.807) is 9.89 Å². The number of aryl methyl sites for hydroxylation is 2. The Hall–Kier alpha value is -0.976. The van der Waals surface area contributed by atoms with Gasteiger partial charge in [-0.2, -0.15) is 0 Å². The summed E-state index contributed by atoms with van der Waals surface area (Å²) in [5.74, 6) is 0. The Morgan fingerprint density at radius 2 is 1.62 bits per heavy atom. The van der Waals surface area contributed by atoms with Gasteiger partial charge in [0.2, 0.25) is 0 Å².